The largest absolute Gasteiger partial charge is 0.338 e. The van der Waals surface area contributed by atoms with E-state index in [9.17, 15) is 4.79 Å². The molecule has 3 rings (SSSR count). The van der Waals surface area contributed by atoms with Crippen LogP contribution in [0.4, 0.5) is 10.7 Å². The fourth-order valence-corrected chi connectivity index (χ4v) is 3.95. The molecule has 1 aromatic carbocycles. The normalized spacial score (nSPS) is 14.6. The number of halogens is 1. The molecule has 0 aliphatic carbocycles. The van der Waals surface area contributed by atoms with Gasteiger partial charge in [-0.25, -0.2) is 14.8 Å². The first-order valence-corrected chi connectivity index (χ1v) is 11.2. The van der Waals surface area contributed by atoms with Crippen molar-refractivity contribution in [3.63, 3.8) is 0 Å². The highest BCUT2D eigenvalue weighted by molar-refractivity contribution is 7.99. The molecule has 0 unspecified atom stereocenters. The lowest BCUT2D eigenvalue weighted by Crippen LogP contribution is -2.47. The molecule has 1 aliphatic rings. The van der Waals surface area contributed by atoms with E-state index in [0.717, 1.165) is 60.8 Å². The van der Waals surface area contributed by atoms with Crippen LogP contribution in [0.15, 0.2) is 47.6 Å². The third-order valence-corrected chi connectivity index (χ3v) is 5.88. The molecule has 7 nitrogen and oxygen atoms in total. The van der Waals surface area contributed by atoms with Gasteiger partial charge in [-0.1, -0.05) is 11.6 Å². The van der Waals surface area contributed by atoms with Gasteiger partial charge in [0.05, 0.1) is 0 Å². The van der Waals surface area contributed by atoms with Gasteiger partial charge in [0.2, 0.25) is 5.95 Å². The second-order valence-corrected chi connectivity index (χ2v) is 8.32. The van der Waals surface area contributed by atoms with Crippen molar-refractivity contribution in [2.75, 3.05) is 56.5 Å². The number of nitrogens with one attached hydrogen (secondary N) is 2. The number of aromatic nitrogens is 2. The quantitative estimate of drug-likeness (QED) is 0.467. The Hall–Kier alpha value is -2.03. The van der Waals surface area contributed by atoms with Crippen molar-refractivity contribution < 1.29 is 4.79 Å². The predicted molar refractivity (Wildman–Crippen MR) is 119 cm³/mol. The Morgan fingerprint density at radius 1 is 1.03 bits per heavy atom. The SMILES string of the molecule is O=C(NCCCN1CCN(c2ncccn2)CC1)NCCSc1ccc(Cl)cc1. The number of piperazine rings is 1. The van der Waals surface area contributed by atoms with Crippen LogP contribution in [0, 0.1) is 0 Å². The topological polar surface area (TPSA) is 73.4 Å². The van der Waals surface area contributed by atoms with Gasteiger partial charge in [-0.2, -0.15) is 0 Å². The van der Waals surface area contributed by atoms with Crippen molar-refractivity contribution in [1.29, 1.82) is 0 Å². The van der Waals surface area contributed by atoms with Crippen LogP contribution in [-0.4, -0.2) is 72.5 Å². The Bertz CT molecular complexity index is 740. The molecule has 1 aliphatic heterocycles. The van der Waals surface area contributed by atoms with Crippen LogP contribution in [-0.2, 0) is 0 Å². The minimum Gasteiger partial charge on any atom is -0.338 e. The van der Waals surface area contributed by atoms with Gasteiger partial charge in [-0.15, -0.1) is 11.8 Å². The van der Waals surface area contributed by atoms with Gasteiger partial charge in [0.1, 0.15) is 0 Å². The van der Waals surface area contributed by atoms with Gasteiger partial charge < -0.3 is 15.5 Å². The summed E-state index contributed by atoms with van der Waals surface area (Å²) in [5.41, 5.74) is 0. The molecule has 9 heteroatoms. The summed E-state index contributed by atoms with van der Waals surface area (Å²) in [5, 5.41) is 6.56. The number of carbonyl (C=O) groups is 1. The number of carbonyl (C=O) groups excluding carboxylic acids is 1. The highest BCUT2D eigenvalue weighted by Crippen LogP contribution is 2.19. The van der Waals surface area contributed by atoms with Crippen molar-refractivity contribution in [3.05, 3.63) is 47.7 Å². The van der Waals surface area contributed by atoms with Gasteiger partial charge in [-0.05, 0) is 43.3 Å². The van der Waals surface area contributed by atoms with Crippen LogP contribution in [0.1, 0.15) is 6.42 Å². The molecule has 2 N–H and O–H groups in total. The summed E-state index contributed by atoms with van der Waals surface area (Å²) in [6.45, 7) is 6.14. The fourth-order valence-electron chi connectivity index (χ4n) is 3.06. The molecule has 2 aromatic rings. The zero-order chi connectivity index (χ0) is 20.3. The first-order chi connectivity index (χ1) is 14.2. The number of nitrogens with zero attached hydrogens (tertiary/aromatic N) is 4. The minimum atomic E-state index is -0.104. The Labute approximate surface area is 181 Å². The summed E-state index contributed by atoms with van der Waals surface area (Å²) in [4.78, 5) is 26.3. The Morgan fingerprint density at radius 3 is 2.45 bits per heavy atom. The lowest BCUT2D eigenvalue weighted by Gasteiger charge is -2.34. The fraction of sp³-hybridized carbons (Fsp3) is 0.450. The number of urea groups is 1. The molecule has 0 bridgehead atoms. The van der Waals surface area contributed by atoms with Crippen LogP contribution >= 0.6 is 23.4 Å². The number of anilines is 1. The second kappa shape index (κ2) is 11.8. The predicted octanol–water partition coefficient (Wildman–Crippen LogP) is 2.73. The zero-order valence-corrected chi connectivity index (χ0v) is 18.0. The number of hydrogen-bond acceptors (Lipinski definition) is 6. The van der Waals surface area contributed by atoms with E-state index in [1.54, 1.807) is 24.2 Å². The number of amides is 2. The second-order valence-electron chi connectivity index (χ2n) is 6.72. The Kier molecular flexibility index (Phi) is 8.85. The maximum absolute atomic E-state index is 11.9. The van der Waals surface area contributed by atoms with E-state index in [4.69, 9.17) is 11.6 Å². The van der Waals surface area contributed by atoms with Crippen LogP contribution in [0.3, 0.4) is 0 Å². The molecule has 1 saturated heterocycles. The molecular weight excluding hydrogens is 408 g/mol. The van der Waals surface area contributed by atoms with Gasteiger partial charge in [0.25, 0.3) is 0 Å². The van der Waals surface area contributed by atoms with E-state index in [0.29, 0.717) is 13.1 Å². The summed E-state index contributed by atoms with van der Waals surface area (Å²) in [5.74, 6) is 1.63. The number of thioether (sulfide) groups is 1. The van der Waals surface area contributed by atoms with E-state index < -0.39 is 0 Å². The Balaban J connectivity index is 1.20. The average molecular weight is 435 g/mol. The standard InChI is InChI=1S/C20H27ClN6OS/c21-17-3-5-18(6-4-17)29-16-10-25-20(28)24-9-2-11-26-12-14-27(15-13-26)19-22-7-1-8-23-19/h1,3-8H,2,9-16H2,(H2,24,25,28). The molecule has 2 amide bonds. The van der Waals surface area contributed by atoms with Gasteiger partial charge in [-0.3, -0.25) is 4.90 Å². The van der Waals surface area contributed by atoms with E-state index >= 15 is 0 Å². The maximum atomic E-state index is 11.9. The van der Waals surface area contributed by atoms with Crippen molar-refractivity contribution in [3.8, 4) is 0 Å². The monoisotopic (exact) mass is 434 g/mol. The average Bonchev–Trinajstić information content (AvgIpc) is 2.76. The lowest BCUT2D eigenvalue weighted by atomic mass is 10.3. The number of hydrogen-bond donors (Lipinski definition) is 2. The van der Waals surface area contributed by atoms with E-state index in [2.05, 4.69) is 30.4 Å². The number of rotatable bonds is 9. The van der Waals surface area contributed by atoms with Crippen LogP contribution in [0.25, 0.3) is 0 Å². The van der Waals surface area contributed by atoms with Crippen molar-refractivity contribution in [1.82, 2.24) is 25.5 Å². The summed E-state index contributed by atoms with van der Waals surface area (Å²) in [6, 6.07) is 9.45. The van der Waals surface area contributed by atoms with Crippen LogP contribution in [0.2, 0.25) is 5.02 Å². The molecular formula is C20H27ClN6OS. The van der Waals surface area contributed by atoms with Crippen molar-refractivity contribution in [2.24, 2.45) is 0 Å². The molecule has 156 valence electrons. The van der Waals surface area contributed by atoms with E-state index in [1.807, 2.05) is 30.3 Å². The van der Waals surface area contributed by atoms with Crippen molar-refractivity contribution in [2.45, 2.75) is 11.3 Å². The highest BCUT2D eigenvalue weighted by Gasteiger charge is 2.18. The zero-order valence-electron chi connectivity index (χ0n) is 16.4. The molecule has 0 saturated carbocycles. The third-order valence-electron chi connectivity index (χ3n) is 4.61. The highest BCUT2D eigenvalue weighted by atomic mass is 35.5. The molecule has 2 heterocycles. The molecule has 0 atom stereocenters. The Morgan fingerprint density at radius 2 is 1.72 bits per heavy atom. The maximum Gasteiger partial charge on any atom is 0.314 e. The summed E-state index contributed by atoms with van der Waals surface area (Å²) in [6.07, 6.45) is 4.50. The van der Waals surface area contributed by atoms with Crippen LogP contribution in [0.5, 0.6) is 0 Å². The number of benzene rings is 1. The third kappa shape index (κ3) is 7.72. The summed E-state index contributed by atoms with van der Waals surface area (Å²) < 4.78 is 0. The lowest BCUT2D eigenvalue weighted by molar-refractivity contribution is 0.236. The van der Waals surface area contributed by atoms with Gasteiger partial charge >= 0.3 is 6.03 Å². The molecule has 0 radical (unpaired) electrons. The minimum absolute atomic E-state index is 0.104. The molecule has 0 spiro atoms. The first kappa shape index (κ1) is 21.7. The van der Waals surface area contributed by atoms with E-state index in [-0.39, 0.29) is 6.03 Å². The molecule has 1 aromatic heterocycles. The van der Waals surface area contributed by atoms with Gasteiger partial charge in [0, 0.05) is 67.3 Å². The van der Waals surface area contributed by atoms with Gasteiger partial charge in [0.15, 0.2) is 0 Å². The van der Waals surface area contributed by atoms with Crippen LogP contribution < -0.4 is 15.5 Å². The summed E-state index contributed by atoms with van der Waals surface area (Å²) >= 11 is 7.57. The smallest absolute Gasteiger partial charge is 0.314 e. The summed E-state index contributed by atoms with van der Waals surface area (Å²) in [7, 11) is 0. The molecule has 29 heavy (non-hydrogen) atoms. The van der Waals surface area contributed by atoms with E-state index in [1.165, 1.54) is 0 Å². The molecule has 1 fully saturated rings. The van der Waals surface area contributed by atoms with Crippen molar-refractivity contribution >= 4 is 35.3 Å². The first-order valence-electron chi connectivity index (χ1n) is 9.85.